The van der Waals surface area contributed by atoms with Crippen molar-refractivity contribution in [1.29, 1.82) is 0 Å². The molecule has 3 fully saturated rings. The molecule has 2 unspecified atom stereocenters. The number of nitrogens with zero attached hydrogens (tertiary/aromatic N) is 4. The van der Waals surface area contributed by atoms with E-state index in [1.807, 2.05) is 12.1 Å². The molecule has 1 aliphatic heterocycles. The Balaban J connectivity index is 1.12. The van der Waals surface area contributed by atoms with Crippen molar-refractivity contribution in [1.82, 2.24) is 14.7 Å². The number of benzene rings is 1. The van der Waals surface area contributed by atoms with Gasteiger partial charge in [0.1, 0.15) is 17.0 Å². The highest BCUT2D eigenvalue weighted by Crippen LogP contribution is 2.54. The number of carbonyl (C=O) groups is 1. The number of fused-ring (bicyclic) bond motifs is 2. The molecule has 0 spiro atoms. The van der Waals surface area contributed by atoms with Gasteiger partial charge in [0.2, 0.25) is 5.43 Å². The Bertz CT molecular complexity index is 1720. The standard InChI is InChI=1S/C29H24Cl2N4O4/c1-34-11-21(29(37)38)27(36)17-5-4-15(8-24(17)34)35-12-19-16(20(19)13-35)6-7-18-26(33-39-28(18)14-2-3-14)25-22(30)9-32-10-23(25)31/h4-11,14,16,19-20H,2-3,12-13H2,1H3,(H,37,38). The second kappa shape index (κ2) is 8.96. The Morgan fingerprint density at radius 3 is 2.54 bits per heavy atom. The van der Waals surface area contributed by atoms with Crippen molar-refractivity contribution in [2.75, 3.05) is 18.0 Å². The molecule has 2 atom stereocenters. The highest BCUT2D eigenvalue weighted by Gasteiger charge is 2.54. The maximum absolute atomic E-state index is 12.6. The SMILES string of the molecule is Cn1cc(C(=O)O)c(=O)c2ccc(N3CC4C(C=Cc5c(-c6c(Cl)cncc6Cl)noc5C5CC5)C4C3)cc21. The highest BCUT2D eigenvalue weighted by atomic mass is 35.5. The number of aryl methyl sites for hydroxylation is 1. The van der Waals surface area contributed by atoms with Crippen molar-refractivity contribution >= 4 is 51.8 Å². The van der Waals surface area contributed by atoms with E-state index in [0.29, 0.717) is 50.4 Å². The summed E-state index contributed by atoms with van der Waals surface area (Å²) in [5.74, 6) is 1.60. The third-order valence-electron chi connectivity index (χ3n) is 8.31. The normalized spacial score (nSPS) is 22.1. The van der Waals surface area contributed by atoms with Gasteiger partial charge in [-0.15, -0.1) is 0 Å². The van der Waals surface area contributed by atoms with Gasteiger partial charge in [-0.3, -0.25) is 9.78 Å². The van der Waals surface area contributed by atoms with Crippen molar-refractivity contribution in [2.24, 2.45) is 24.8 Å². The smallest absolute Gasteiger partial charge is 0.341 e. The van der Waals surface area contributed by atoms with Crippen molar-refractivity contribution in [3.05, 3.63) is 80.0 Å². The van der Waals surface area contributed by atoms with E-state index in [4.69, 9.17) is 27.7 Å². The van der Waals surface area contributed by atoms with Gasteiger partial charge < -0.3 is 19.1 Å². The minimum absolute atomic E-state index is 0.218. The number of halogens is 2. The summed E-state index contributed by atoms with van der Waals surface area (Å²) < 4.78 is 7.49. The highest BCUT2D eigenvalue weighted by molar-refractivity contribution is 6.39. The van der Waals surface area contributed by atoms with E-state index >= 15 is 0 Å². The van der Waals surface area contributed by atoms with Crippen LogP contribution in [0.1, 0.15) is 40.4 Å². The number of allylic oxidation sites excluding steroid dienone is 1. The van der Waals surface area contributed by atoms with Gasteiger partial charge in [-0.05, 0) is 48.8 Å². The largest absolute Gasteiger partial charge is 0.477 e. The molecule has 2 saturated carbocycles. The van der Waals surface area contributed by atoms with Gasteiger partial charge >= 0.3 is 5.97 Å². The minimum Gasteiger partial charge on any atom is -0.477 e. The number of rotatable bonds is 6. The first-order chi connectivity index (χ1) is 18.8. The number of hydrogen-bond donors (Lipinski definition) is 1. The molecule has 1 N–H and O–H groups in total. The fourth-order valence-electron chi connectivity index (χ4n) is 6.02. The van der Waals surface area contributed by atoms with Crippen LogP contribution in [0.2, 0.25) is 10.0 Å². The second-order valence-corrected chi connectivity index (χ2v) is 11.5. The van der Waals surface area contributed by atoms with Crippen molar-refractivity contribution in [3.63, 3.8) is 0 Å². The van der Waals surface area contributed by atoms with Crippen LogP contribution >= 0.6 is 23.2 Å². The number of aromatic carboxylic acids is 1. The van der Waals surface area contributed by atoms with Crippen LogP contribution in [0.5, 0.6) is 0 Å². The Morgan fingerprint density at radius 1 is 1.15 bits per heavy atom. The number of piperidine rings is 1. The first kappa shape index (κ1) is 24.4. The van der Waals surface area contributed by atoms with Crippen LogP contribution in [0, 0.1) is 17.8 Å². The molecular formula is C29H24Cl2N4O4. The number of hydrogen-bond acceptors (Lipinski definition) is 6. The van der Waals surface area contributed by atoms with Crippen molar-refractivity contribution < 1.29 is 14.4 Å². The molecule has 10 heteroatoms. The molecule has 3 aromatic heterocycles. The molecule has 0 radical (unpaired) electrons. The van der Waals surface area contributed by atoms with Crippen LogP contribution in [0.4, 0.5) is 5.69 Å². The van der Waals surface area contributed by atoms with Crippen molar-refractivity contribution in [2.45, 2.75) is 18.8 Å². The lowest BCUT2D eigenvalue weighted by Crippen LogP contribution is -2.24. The Labute approximate surface area is 233 Å². The molecule has 8 nitrogen and oxygen atoms in total. The first-order valence-corrected chi connectivity index (χ1v) is 13.7. The van der Waals surface area contributed by atoms with E-state index in [2.05, 4.69) is 27.2 Å². The molecular weight excluding hydrogens is 539 g/mol. The minimum atomic E-state index is -1.21. The quantitative estimate of drug-likeness (QED) is 0.313. The fraction of sp³-hybridized carbons (Fsp3) is 0.310. The molecule has 1 aromatic carbocycles. The van der Waals surface area contributed by atoms with Gasteiger partial charge in [0.15, 0.2) is 0 Å². The summed E-state index contributed by atoms with van der Waals surface area (Å²) in [6, 6.07) is 5.63. The lowest BCUT2D eigenvalue weighted by Gasteiger charge is -2.22. The maximum Gasteiger partial charge on any atom is 0.341 e. The zero-order valence-electron chi connectivity index (χ0n) is 21.0. The van der Waals surface area contributed by atoms with Gasteiger partial charge in [0, 0.05) is 66.8 Å². The average Bonchev–Trinajstić information content (AvgIpc) is 3.78. The van der Waals surface area contributed by atoms with Crippen LogP contribution < -0.4 is 10.3 Å². The lowest BCUT2D eigenvalue weighted by atomic mass is 10.0. The molecule has 0 amide bonds. The Hall–Kier alpha value is -3.62. The van der Waals surface area contributed by atoms with Gasteiger partial charge in [-0.25, -0.2) is 4.79 Å². The molecule has 198 valence electrons. The summed E-state index contributed by atoms with van der Waals surface area (Å²) in [7, 11) is 1.77. The van der Waals surface area contributed by atoms with Crippen molar-refractivity contribution in [3.8, 4) is 11.3 Å². The molecule has 2 aliphatic carbocycles. The van der Waals surface area contributed by atoms with Crippen LogP contribution in [0.15, 0.2) is 52.2 Å². The number of carboxylic acids is 1. The van der Waals surface area contributed by atoms with E-state index in [1.165, 1.54) is 6.20 Å². The molecule has 0 bridgehead atoms. The first-order valence-electron chi connectivity index (χ1n) is 12.9. The molecule has 39 heavy (non-hydrogen) atoms. The van der Waals surface area contributed by atoms with E-state index in [-0.39, 0.29) is 5.56 Å². The Morgan fingerprint density at radius 2 is 1.87 bits per heavy atom. The maximum atomic E-state index is 12.6. The average molecular weight is 563 g/mol. The predicted molar refractivity (Wildman–Crippen MR) is 150 cm³/mol. The van der Waals surface area contributed by atoms with Gasteiger partial charge in [-0.2, -0.15) is 0 Å². The molecule has 4 aromatic rings. The van der Waals surface area contributed by atoms with Crippen LogP contribution in [0.25, 0.3) is 28.2 Å². The van der Waals surface area contributed by atoms with Gasteiger partial charge in [-0.1, -0.05) is 40.5 Å². The number of aromatic nitrogens is 3. The van der Waals surface area contributed by atoms with Crippen LogP contribution in [0.3, 0.4) is 0 Å². The fourth-order valence-corrected chi connectivity index (χ4v) is 6.57. The molecule has 1 saturated heterocycles. The third-order valence-corrected chi connectivity index (χ3v) is 8.88. The van der Waals surface area contributed by atoms with Crippen LogP contribution in [-0.4, -0.2) is 38.9 Å². The molecule has 7 rings (SSSR count). The van der Waals surface area contributed by atoms with Gasteiger partial charge in [0.25, 0.3) is 0 Å². The number of pyridine rings is 2. The summed E-state index contributed by atoms with van der Waals surface area (Å²) in [5.41, 5.74) is 3.34. The van der Waals surface area contributed by atoms with E-state index in [1.54, 1.807) is 30.1 Å². The van der Waals surface area contributed by atoms with Crippen LogP contribution in [-0.2, 0) is 7.05 Å². The Kier molecular flexibility index (Phi) is 5.61. The zero-order valence-corrected chi connectivity index (χ0v) is 22.5. The zero-order chi connectivity index (χ0) is 27.0. The number of anilines is 1. The molecule has 3 aliphatic rings. The van der Waals surface area contributed by atoms with E-state index in [9.17, 15) is 14.7 Å². The summed E-state index contributed by atoms with van der Waals surface area (Å²) >= 11 is 12.9. The number of carboxylic acid groups (broad SMARTS) is 1. The second-order valence-electron chi connectivity index (χ2n) is 10.7. The topological polar surface area (TPSA) is 101 Å². The van der Waals surface area contributed by atoms with Gasteiger partial charge in [0.05, 0.1) is 15.6 Å². The predicted octanol–water partition coefficient (Wildman–Crippen LogP) is 5.87. The monoisotopic (exact) mass is 562 g/mol. The summed E-state index contributed by atoms with van der Waals surface area (Å²) in [5, 5.41) is 15.0. The van der Waals surface area contributed by atoms with E-state index in [0.717, 1.165) is 48.5 Å². The lowest BCUT2D eigenvalue weighted by molar-refractivity contribution is 0.0695. The third kappa shape index (κ3) is 4.05. The molecule has 4 heterocycles. The summed E-state index contributed by atoms with van der Waals surface area (Å²) in [6.07, 6.45) is 11.1. The van der Waals surface area contributed by atoms with E-state index < -0.39 is 11.4 Å². The summed E-state index contributed by atoms with van der Waals surface area (Å²) in [6.45, 7) is 1.83. The summed E-state index contributed by atoms with van der Waals surface area (Å²) in [4.78, 5) is 30.4.